The maximum Gasteiger partial charge on any atom is 0.364 e. The van der Waals surface area contributed by atoms with Crippen molar-refractivity contribution in [2.24, 2.45) is 0 Å². The molecule has 5 rings (SSSR count). The highest BCUT2D eigenvalue weighted by molar-refractivity contribution is 5.76. The van der Waals surface area contributed by atoms with E-state index >= 15 is 0 Å². The molecule has 0 aliphatic carbocycles. The zero-order valence-electron chi connectivity index (χ0n) is 41.8. The number of hydrogen-bond acceptors (Lipinski definition) is 32. The highest BCUT2D eigenvalue weighted by Gasteiger charge is 2.59. The molecule has 5 aliphatic rings. The van der Waals surface area contributed by atoms with Crippen molar-refractivity contribution in [1.29, 1.82) is 0 Å². The molecule has 0 aromatic heterocycles. The molecule has 0 radical (unpaired) electrons. The molecule has 35 nitrogen and oxygen atoms in total. The maximum atomic E-state index is 12.8. The van der Waals surface area contributed by atoms with Gasteiger partial charge < -0.3 is 160 Å². The average molecular weight is 1150 g/mol. The summed E-state index contributed by atoms with van der Waals surface area (Å²) >= 11 is 0. The minimum Gasteiger partial charge on any atom is -0.477 e. The van der Waals surface area contributed by atoms with Crippen LogP contribution in [0.2, 0.25) is 0 Å². The summed E-state index contributed by atoms with van der Waals surface area (Å²) in [6.07, 6.45) is -56.5. The monoisotopic (exact) mass is 1140 g/mol. The van der Waals surface area contributed by atoms with Gasteiger partial charge in [-0.05, 0) is 6.92 Å². The average Bonchev–Trinajstić information content (AvgIpc) is 3.52. The molecule has 21 N–H and O–H groups in total. The predicted octanol–water partition coefficient (Wildman–Crippen LogP) is -13.7. The Balaban J connectivity index is 1.37. The molecule has 0 aromatic rings. The molecule has 5 saturated heterocycles. The molecule has 0 bridgehead atoms. The van der Waals surface area contributed by atoms with Crippen LogP contribution in [0.1, 0.15) is 27.2 Å². The van der Waals surface area contributed by atoms with Crippen LogP contribution in [0.15, 0.2) is 0 Å². The SMILES string of the molecule is CC(=O)N[C@H]1[C@H](O[C@H]2[C@@H](O)[C@@H](CO)O[C@@H](O[C@@H]([C@H](O[C@@H]3O[C@@H](C)[C@@H](O)[C@@H](O)[C@@H]3O)[C@@H](O)C=O)[C@H](O)CO)[C@@H]2O)O[C@H](CO)[C@@H](O[C@@H]2O[C@H](CO[C@]3(C(=O)O)C[C@H](O)[C@@H](NC(C)=O)[C@H]([C@H](O)[C@H](O)CO)O3)[C@H](O)[C@H](O)[C@H]2O)[C@@H]1O. The van der Waals surface area contributed by atoms with E-state index in [4.69, 9.17) is 47.4 Å². The van der Waals surface area contributed by atoms with Gasteiger partial charge in [-0.1, -0.05) is 0 Å². The largest absolute Gasteiger partial charge is 0.477 e. The zero-order chi connectivity index (χ0) is 58.4. The fraction of sp³-hybridized carbons (Fsp3) is 0.907. The smallest absolute Gasteiger partial charge is 0.364 e. The van der Waals surface area contributed by atoms with E-state index < -0.39 is 241 Å². The number of carbonyl (C=O) groups is 4. The van der Waals surface area contributed by atoms with E-state index in [1.54, 1.807) is 0 Å². The van der Waals surface area contributed by atoms with E-state index in [2.05, 4.69) is 10.6 Å². The van der Waals surface area contributed by atoms with Crippen LogP contribution in [0.4, 0.5) is 0 Å². The van der Waals surface area contributed by atoms with Crippen LogP contribution in [-0.2, 0) is 66.5 Å². The fourth-order valence-corrected chi connectivity index (χ4v) is 9.39. The lowest BCUT2D eigenvalue weighted by atomic mass is 9.88. The second-order valence-electron chi connectivity index (χ2n) is 19.3. The van der Waals surface area contributed by atoms with Crippen molar-refractivity contribution in [3.63, 3.8) is 0 Å². The first-order chi connectivity index (χ1) is 36.6. The molecule has 35 heteroatoms. The number of nitrogens with one attached hydrogen (secondary N) is 2. The molecule has 0 unspecified atom stereocenters. The normalized spacial score (nSPS) is 43.8. The van der Waals surface area contributed by atoms with Crippen molar-refractivity contribution >= 4 is 24.1 Å². The molecular weight excluding hydrogens is 1070 g/mol. The van der Waals surface area contributed by atoms with Crippen LogP contribution in [0.3, 0.4) is 0 Å². The number of carboxylic acid groups (broad SMARTS) is 1. The van der Waals surface area contributed by atoms with E-state index in [1.165, 1.54) is 6.92 Å². The lowest BCUT2D eigenvalue weighted by molar-refractivity contribution is -0.378. The second kappa shape index (κ2) is 28.3. The molecule has 0 saturated carbocycles. The molecule has 78 heavy (non-hydrogen) atoms. The standard InChI is InChI=1S/C43H72N2O33/c1-11-23(57)28(62)30(64)39(70-11)74-33(16(55)6-47)34(17(56)7-48)75-41-32(66)37(26(60)18(8-49)71-41)77-38-22(45-13(3)52)27(61)35(19(9-50)72-38)76-40-31(65)29(63)25(59)20(73-40)10-69-43(42(67)68)4-14(53)21(44-12(2)51)36(78-43)24(58)15(54)5-46/h6,11,14-41,46,48-50,53-66H,4-5,7-10H2,1-3H3,(H,44,51)(H,45,52)(H,67,68)/t11-,14-,15+,16-,17+,18+,19+,20+,21+,22+,23+,24+,25-,26-,27+,28+,29-,30-,31+,32+,33+,34+,35+,36+,37-,38-,39-,40-,41-,43+/m0/s1. The maximum absolute atomic E-state index is 12.8. The first kappa shape index (κ1) is 65.8. The Morgan fingerprint density at radius 3 is 1.69 bits per heavy atom. The number of amides is 2. The number of rotatable bonds is 24. The molecule has 5 aliphatic heterocycles. The third-order valence-electron chi connectivity index (χ3n) is 13.7. The second-order valence-corrected chi connectivity index (χ2v) is 19.3. The van der Waals surface area contributed by atoms with Gasteiger partial charge in [0.05, 0.1) is 51.3 Å². The Bertz CT molecular complexity index is 1930. The fourth-order valence-electron chi connectivity index (χ4n) is 9.39. The number of ether oxygens (including phenoxy) is 10. The quantitative estimate of drug-likeness (QED) is 0.0399. The van der Waals surface area contributed by atoms with Gasteiger partial charge in [0, 0.05) is 20.3 Å². The number of hydrogen-bond donors (Lipinski definition) is 21. The molecular formula is C43H72N2O33. The third kappa shape index (κ3) is 14.6. The highest BCUT2D eigenvalue weighted by Crippen LogP contribution is 2.37. The topological polar surface area (TPSA) is 569 Å². The summed E-state index contributed by atoms with van der Waals surface area (Å²) in [5.74, 6) is -6.70. The van der Waals surface area contributed by atoms with Crippen molar-refractivity contribution in [2.75, 3.05) is 33.0 Å². The summed E-state index contributed by atoms with van der Waals surface area (Å²) in [6.45, 7) is -2.52. The summed E-state index contributed by atoms with van der Waals surface area (Å²) in [5.41, 5.74) is 0. The van der Waals surface area contributed by atoms with Crippen molar-refractivity contribution in [3.8, 4) is 0 Å². The number of carboxylic acids is 1. The molecule has 2 amide bonds. The Labute approximate surface area is 441 Å². The first-order valence-corrected chi connectivity index (χ1v) is 24.4. The zero-order valence-corrected chi connectivity index (χ0v) is 41.8. The lowest BCUT2D eigenvalue weighted by Crippen LogP contribution is -2.70. The van der Waals surface area contributed by atoms with Gasteiger partial charge in [0.15, 0.2) is 31.4 Å². The Morgan fingerprint density at radius 1 is 0.603 bits per heavy atom. The van der Waals surface area contributed by atoms with Crippen LogP contribution in [0.5, 0.6) is 0 Å². The van der Waals surface area contributed by atoms with E-state index in [0.717, 1.165) is 13.8 Å². The molecule has 5 fully saturated rings. The first-order valence-electron chi connectivity index (χ1n) is 24.4. The van der Waals surface area contributed by atoms with E-state index in [9.17, 15) is 116 Å². The molecule has 0 aromatic carbocycles. The lowest BCUT2D eigenvalue weighted by Gasteiger charge is -2.50. The Kier molecular flexibility index (Phi) is 23.9. The van der Waals surface area contributed by atoms with Gasteiger partial charge in [-0.2, -0.15) is 0 Å². The van der Waals surface area contributed by atoms with Gasteiger partial charge in [0.1, 0.15) is 134 Å². The van der Waals surface area contributed by atoms with Crippen LogP contribution in [0.25, 0.3) is 0 Å². The predicted molar refractivity (Wildman–Crippen MR) is 239 cm³/mol. The molecule has 30 atom stereocenters. The summed E-state index contributed by atoms with van der Waals surface area (Å²) in [4.78, 5) is 49.3. The van der Waals surface area contributed by atoms with Crippen molar-refractivity contribution < 1.29 is 164 Å². The Morgan fingerprint density at radius 2 is 1.13 bits per heavy atom. The molecule has 452 valence electrons. The van der Waals surface area contributed by atoms with E-state index in [-0.39, 0.29) is 6.29 Å². The minimum atomic E-state index is -3.00. The summed E-state index contributed by atoms with van der Waals surface area (Å²) in [6, 6.07) is -3.50. The number of aliphatic hydroxyl groups is 18. The van der Waals surface area contributed by atoms with Gasteiger partial charge in [0.2, 0.25) is 11.8 Å². The van der Waals surface area contributed by atoms with E-state index in [1.807, 2.05) is 0 Å². The van der Waals surface area contributed by atoms with E-state index in [0.29, 0.717) is 0 Å². The van der Waals surface area contributed by atoms with Crippen LogP contribution < -0.4 is 10.6 Å². The van der Waals surface area contributed by atoms with Crippen molar-refractivity contribution in [1.82, 2.24) is 10.6 Å². The van der Waals surface area contributed by atoms with Crippen molar-refractivity contribution in [3.05, 3.63) is 0 Å². The summed E-state index contributed by atoms with van der Waals surface area (Å²) in [7, 11) is 0. The van der Waals surface area contributed by atoms with Gasteiger partial charge in [-0.25, -0.2) is 4.79 Å². The van der Waals surface area contributed by atoms with Crippen molar-refractivity contribution in [2.45, 2.75) is 211 Å². The van der Waals surface area contributed by atoms with Crippen LogP contribution in [-0.4, -0.2) is 338 Å². The number of carbonyl (C=O) groups excluding carboxylic acids is 3. The van der Waals surface area contributed by atoms with Crippen LogP contribution >= 0.6 is 0 Å². The van der Waals surface area contributed by atoms with Gasteiger partial charge in [-0.3, -0.25) is 9.59 Å². The summed E-state index contributed by atoms with van der Waals surface area (Å²) < 4.78 is 56.5. The minimum absolute atomic E-state index is 0.136. The van der Waals surface area contributed by atoms with Gasteiger partial charge >= 0.3 is 5.97 Å². The van der Waals surface area contributed by atoms with Crippen LogP contribution in [0, 0.1) is 0 Å². The van der Waals surface area contributed by atoms with Gasteiger partial charge in [0.25, 0.3) is 5.79 Å². The third-order valence-corrected chi connectivity index (χ3v) is 13.7. The Hall–Kier alpha value is -3.04. The number of aliphatic hydroxyl groups excluding tert-OH is 18. The number of aldehydes is 1. The number of aliphatic carboxylic acids is 1. The summed E-state index contributed by atoms with van der Waals surface area (Å²) in [5, 5.41) is 207. The van der Waals surface area contributed by atoms with Gasteiger partial charge in [-0.15, -0.1) is 0 Å². The highest BCUT2D eigenvalue weighted by atomic mass is 16.8. The molecule has 5 heterocycles. The molecule has 0 spiro atoms.